The van der Waals surface area contributed by atoms with Crippen LogP contribution in [0.1, 0.15) is 10.6 Å². The van der Waals surface area contributed by atoms with Crippen LogP contribution in [-0.2, 0) is 4.79 Å². The molecule has 0 spiro atoms. The summed E-state index contributed by atoms with van der Waals surface area (Å²) in [4.78, 5) is 16.8. The van der Waals surface area contributed by atoms with E-state index in [0.717, 1.165) is 10.6 Å². The van der Waals surface area contributed by atoms with E-state index >= 15 is 0 Å². The second-order valence-corrected chi connectivity index (χ2v) is 4.48. The summed E-state index contributed by atoms with van der Waals surface area (Å²) in [5, 5.41) is 4.68. The summed E-state index contributed by atoms with van der Waals surface area (Å²) in [7, 11) is 0. The lowest BCUT2D eigenvalue weighted by Crippen LogP contribution is -2.09. The van der Waals surface area contributed by atoms with Crippen molar-refractivity contribution in [1.82, 2.24) is 4.98 Å². The molecule has 2 aromatic heterocycles. The van der Waals surface area contributed by atoms with E-state index in [-0.39, 0.29) is 5.91 Å². The van der Waals surface area contributed by atoms with Gasteiger partial charge in [-0.3, -0.25) is 4.79 Å². The summed E-state index contributed by atoms with van der Waals surface area (Å²) in [6.07, 6.45) is 3.30. The Hall–Kier alpha value is -1.94. The van der Waals surface area contributed by atoms with E-state index in [1.807, 2.05) is 36.6 Å². The largest absolute Gasteiger partial charge is 0.307 e. The number of nitrogens with zero attached hydrogens (tertiary/aromatic N) is 1. The number of carbonyl (C=O) groups is 1. The van der Waals surface area contributed by atoms with Gasteiger partial charge in [0.2, 0.25) is 5.91 Å². The smallest absolute Gasteiger partial charge is 0.249 e. The Labute approximate surface area is 104 Å². The molecule has 1 N–H and O–H groups in total. The number of pyridine rings is 1. The summed E-state index contributed by atoms with van der Waals surface area (Å²) in [6.45, 7) is 1.89. The van der Waals surface area contributed by atoms with E-state index in [4.69, 9.17) is 0 Å². The number of aryl methyl sites for hydroxylation is 1. The fraction of sp³-hybridized carbons (Fsp3) is 0.0769. The topological polar surface area (TPSA) is 42.0 Å². The van der Waals surface area contributed by atoms with Crippen LogP contribution in [0.2, 0.25) is 0 Å². The van der Waals surface area contributed by atoms with Gasteiger partial charge in [0, 0.05) is 16.6 Å². The zero-order valence-electron chi connectivity index (χ0n) is 9.38. The van der Waals surface area contributed by atoms with Gasteiger partial charge in [-0.1, -0.05) is 12.1 Å². The highest BCUT2D eigenvalue weighted by Gasteiger charge is 1.98. The molecule has 0 aromatic carbocycles. The molecular formula is C13H12N2OS. The number of hydrogen-bond donors (Lipinski definition) is 1. The summed E-state index contributed by atoms with van der Waals surface area (Å²) in [6, 6.07) is 9.42. The third-order valence-corrected chi connectivity index (χ3v) is 2.92. The predicted octanol–water partition coefficient (Wildman–Crippen LogP) is 3.10. The Morgan fingerprint density at radius 2 is 2.24 bits per heavy atom. The first-order chi connectivity index (χ1) is 8.24. The molecule has 0 aliphatic carbocycles. The zero-order chi connectivity index (χ0) is 12.1. The molecule has 17 heavy (non-hydrogen) atoms. The van der Waals surface area contributed by atoms with Gasteiger partial charge in [0.25, 0.3) is 0 Å². The minimum Gasteiger partial charge on any atom is -0.307 e. The number of carbonyl (C=O) groups excluding carboxylic acids is 1. The van der Waals surface area contributed by atoms with Crippen LogP contribution in [0.25, 0.3) is 6.08 Å². The third-order valence-electron chi connectivity index (χ3n) is 2.08. The number of hydrogen-bond acceptors (Lipinski definition) is 3. The Balaban J connectivity index is 1.98. The molecule has 0 aliphatic rings. The molecule has 0 bridgehead atoms. The molecule has 2 heterocycles. The van der Waals surface area contributed by atoms with Crippen LogP contribution < -0.4 is 5.32 Å². The highest BCUT2D eigenvalue weighted by atomic mass is 32.1. The van der Waals surface area contributed by atoms with Crippen molar-refractivity contribution < 1.29 is 4.79 Å². The van der Waals surface area contributed by atoms with Crippen molar-refractivity contribution in [3.05, 3.63) is 52.4 Å². The molecule has 3 nitrogen and oxygen atoms in total. The number of aromatic nitrogens is 1. The number of anilines is 1. The molecule has 1 amide bonds. The number of nitrogens with one attached hydrogen (secondary N) is 1. The fourth-order valence-corrected chi connectivity index (χ4v) is 1.94. The van der Waals surface area contributed by atoms with Crippen LogP contribution in [-0.4, -0.2) is 10.9 Å². The van der Waals surface area contributed by atoms with Gasteiger partial charge in [0.15, 0.2) is 0 Å². The second kappa shape index (κ2) is 5.41. The monoisotopic (exact) mass is 244 g/mol. The molecule has 86 valence electrons. The first-order valence-corrected chi connectivity index (χ1v) is 6.08. The molecule has 0 fully saturated rings. The lowest BCUT2D eigenvalue weighted by atomic mass is 10.3. The van der Waals surface area contributed by atoms with Crippen LogP contribution in [0.4, 0.5) is 5.82 Å². The van der Waals surface area contributed by atoms with E-state index in [1.165, 1.54) is 6.08 Å². The first-order valence-electron chi connectivity index (χ1n) is 5.20. The normalized spacial score (nSPS) is 10.6. The van der Waals surface area contributed by atoms with Gasteiger partial charge in [-0.25, -0.2) is 4.98 Å². The Morgan fingerprint density at radius 3 is 2.94 bits per heavy atom. The van der Waals surface area contributed by atoms with E-state index in [2.05, 4.69) is 10.3 Å². The molecular weight excluding hydrogens is 232 g/mol. The summed E-state index contributed by atoms with van der Waals surface area (Å²) in [5.74, 6) is 0.405. The average molecular weight is 244 g/mol. The van der Waals surface area contributed by atoms with Crippen molar-refractivity contribution >= 4 is 29.1 Å². The van der Waals surface area contributed by atoms with E-state index in [9.17, 15) is 4.79 Å². The number of thiophene rings is 1. The van der Waals surface area contributed by atoms with Gasteiger partial charge in [-0.15, -0.1) is 11.3 Å². The van der Waals surface area contributed by atoms with Gasteiger partial charge in [0.1, 0.15) is 5.82 Å². The van der Waals surface area contributed by atoms with E-state index in [0.29, 0.717) is 5.82 Å². The maximum absolute atomic E-state index is 11.6. The van der Waals surface area contributed by atoms with Gasteiger partial charge in [0.05, 0.1) is 0 Å². The first kappa shape index (κ1) is 11.5. The predicted molar refractivity (Wildman–Crippen MR) is 71.0 cm³/mol. The molecule has 2 rings (SSSR count). The Morgan fingerprint density at radius 1 is 1.35 bits per heavy atom. The molecule has 0 atom stereocenters. The summed E-state index contributed by atoms with van der Waals surface area (Å²) >= 11 is 1.59. The van der Waals surface area contributed by atoms with Crippen molar-refractivity contribution in [3.63, 3.8) is 0 Å². The van der Waals surface area contributed by atoms with Gasteiger partial charge in [-0.2, -0.15) is 0 Å². The molecule has 0 aliphatic heterocycles. The van der Waals surface area contributed by atoms with Gasteiger partial charge in [-0.05, 0) is 36.6 Å². The standard InChI is InChI=1S/C13H12N2OS/c1-10-4-2-6-12(14-10)15-13(16)8-7-11-5-3-9-17-11/h2-9H,1H3,(H,14,15,16)/b8-7+. The molecule has 0 saturated heterocycles. The van der Waals surface area contributed by atoms with Gasteiger partial charge < -0.3 is 5.32 Å². The lowest BCUT2D eigenvalue weighted by Gasteiger charge is -2.01. The van der Waals surface area contributed by atoms with Crippen LogP contribution >= 0.6 is 11.3 Å². The van der Waals surface area contributed by atoms with Crippen LogP contribution in [0.5, 0.6) is 0 Å². The number of rotatable bonds is 3. The molecule has 0 unspecified atom stereocenters. The maximum atomic E-state index is 11.6. The minimum atomic E-state index is -0.170. The van der Waals surface area contributed by atoms with Crippen molar-refractivity contribution in [2.24, 2.45) is 0 Å². The van der Waals surface area contributed by atoms with Crippen molar-refractivity contribution in [2.75, 3.05) is 5.32 Å². The number of amides is 1. The summed E-state index contributed by atoms with van der Waals surface area (Å²) < 4.78 is 0. The molecule has 0 saturated carbocycles. The Bertz CT molecular complexity index is 532. The maximum Gasteiger partial charge on any atom is 0.249 e. The van der Waals surface area contributed by atoms with E-state index in [1.54, 1.807) is 23.5 Å². The molecule has 0 radical (unpaired) electrons. The minimum absolute atomic E-state index is 0.170. The van der Waals surface area contributed by atoms with Crippen LogP contribution in [0.15, 0.2) is 41.8 Å². The average Bonchev–Trinajstić information content (AvgIpc) is 2.79. The summed E-state index contributed by atoms with van der Waals surface area (Å²) in [5.41, 5.74) is 0.880. The fourth-order valence-electron chi connectivity index (χ4n) is 1.32. The SMILES string of the molecule is Cc1cccc(NC(=O)/C=C/c2cccs2)n1. The highest BCUT2D eigenvalue weighted by molar-refractivity contribution is 7.10. The van der Waals surface area contributed by atoms with Crippen molar-refractivity contribution in [3.8, 4) is 0 Å². The van der Waals surface area contributed by atoms with Crippen LogP contribution in [0.3, 0.4) is 0 Å². The third kappa shape index (κ3) is 3.53. The van der Waals surface area contributed by atoms with Gasteiger partial charge >= 0.3 is 0 Å². The molecule has 4 heteroatoms. The quantitative estimate of drug-likeness (QED) is 0.843. The van der Waals surface area contributed by atoms with Crippen molar-refractivity contribution in [2.45, 2.75) is 6.92 Å². The van der Waals surface area contributed by atoms with Crippen molar-refractivity contribution in [1.29, 1.82) is 0 Å². The Kier molecular flexibility index (Phi) is 3.67. The second-order valence-electron chi connectivity index (χ2n) is 3.50. The van der Waals surface area contributed by atoms with E-state index < -0.39 is 0 Å². The van der Waals surface area contributed by atoms with Crippen LogP contribution in [0, 0.1) is 6.92 Å². The zero-order valence-corrected chi connectivity index (χ0v) is 10.2. The highest BCUT2D eigenvalue weighted by Crippen LogP contribution is 2.10. The lowest BCUT2D eigenvalue weighted by molar-refractivity contribution is -0.111. The molecule has 2 aromatic rings.